The van der Waals surface area contributed by atoms with E-state index >= 15 is 0 Å². The second-order valence-corrected chi connectivity index (χ2v) is 5.00. The van der Waals surface area contributed by atoms with Crippen LogP contribution in [0.4, 0.5) is 0 Å². The Morgan fingerprint density at radius 1 is 1.44 bits per heavy atom. The van der Waals surface area contributed by atoms with Gasteiger partial charge in [-0.3, -0.25) is 4.79 Å². The molecule has 0 unspecified atom stereocenters. The minimum Gasteiger partial charge on any atom is -0.354 e. The summed E-state index contributed by atoms with van der Waals surface area (Å²) in [7, 11) is 0. The Labute approximate surface area is 110 Å². The van der Waals surface area contributed by atoms with Gasteiger partial charge in [0.25, 0.3) is 0 Å². The van der Waals surface area contributed by atoms with Gasteiger partial charge in [-0.25, -0.2) is 0 Å². The molecule has 2 rings (SSSR count). The van der Waals surface area contributed by atoms with Crippen molar-refractivity contribution in [2.24, 2.45) is 0 Å². The largest absolute Gasteiger partial charge is 0.354 e. The van der Waals surface area contributed by atoms with Crippen LogP contribution >= 0.6 is 11.3 Å². The van der Waals surface area contributed by atoms with Crippen molar-refractivity contribution >= 4 is 17.2 Å². The van der Waals surface area contributed by atoms with Crippen LogP contribution in [0.5, 0.6) is 0 Å². The van der Waals surface area contributed by atoms with E-state index in [1.165, 1.54) is 10.4 Å². The van der Waals surface area contributed by atoms with Crippen molar-refractivity contribution in [3.8, 4) is 0 Å². The van der Waals surface area contributed by atoms with Gasteiger partial charge in [0.2, 0.25) is 5.91 Å². The van der Waals surface area contributed by atoms with Crippen molar-refractivity contribution in [3.63, 3.8) is 0 Å². The van der Waals surface area contributed by atoms with Crippen LogP contribution in [0.15, 0.2) is 23.8 Å². The Balaban J connectivity index is 1.65. The molecule has 1 N–H and O–H groups in total. The standard InChI is InChI=1S/C12H16N4OS/c1-10-4-9-18-11(10)2-3-12(17)13-7-8-16-14-5-6-15-16/h4-6,9H,2-3,7-8H2,1H3,(H,13,17). The molecule has 0 saturated heterocycles. The summed E-state index contributed by atoms with van der Waals surface area (Å²) >= 11 is 1.71. The molecule has 0 fully saturated rings. The third-order valence-electron chi connectivity index (χ3n) is 2.65. The van der Waals surface area contributed by atoms with Crippen LogP contribution in [0.25, 0.3) is 0 Å². The van der Waals surface area contributed by atoms with Crippen LogP contribution in [0.3, 0.4) is 0 Å². The number of hydrogen-bond donors (Lipinski definition) is 1. The molecule has 0 spiro atoms. The maximum atomic E-state index is 11.6. The molecule has 5 nitrogen and oxygen atoms in total. The smallest absolute Gasteiger partial charge is 0.220 e. The Bertz CT molecular complexity index is 492. The molecule has 2 aromatic heterocycles. The third kappa shape index (κ3) is 3.66. The van der Waals surface area contributed by atoms with E-state index in [1.54, 1.807) is 28.5 Å². The minimum atomic E-state index is 0.0787. The highest BCUT2D eigenvalue weighted by Gasteiger charge is 2.05. The summed E-state index contributed by atoms with van der Waals surface area (Å²) in [4.78, 5) is 14.5. The number of amides is 1. The van der Waals surface area contributed by atoms with Gasteiger partial charge in [-0.2, -0.15) is 15.0 Å². The van der Waals surface area contributed by atoms with Crippen LogP contribution in [0.2, 0.25) is 0 Å². The molecule has 6 heteroatoms. The number of carbonyl (C=O) groups is 1. The molecule has 0 aliphatic rings. The fourth-order valence-corrected chi connectivity index (χ4v) is 2.54. The maximum Gasteiger partial charge on any atom is 0.220 e. The molecule has 0 aliphatic heterocycles. The molecule has 0 radical (unpaired) electrons. The molecule has 2 aromatic rings. The summed E-state index contributed by atoms with van der Waals surface area (Å²) < 4.78 is 0. The number of carbonyl (C=O) groups excluding carboxylic acids is 1. The maximum absolute atomic E-state index is 11.6. The van der Waals surface area contributed by atoms with E-state index in [4.69, 9.17) is 0 Å². The Morgan fingerprint density at radius 3 is 2.89 bits per heavy atom. The Kier molecular flexibility index (Phi) is 4.46. The predicted molar refractivity (Wildman–Crippen MR) is 70.4 cm³/mol. The lowest BCUT2D eigenvalue weighted by molar-refractivity contribution is -0.121. The molecule has 18 heavy (non-hydrogen) atoms. The van der Waals surface area contributed by atoms with E-state index in [-0.39, 0.29) is 5.91 Å². The van der Waals surface area contributed by atoms with Crippen LogP contribution in [-0.4, -0.2) is 27.4 Å². The lowest BCUT2D eigenvalue weighted by Gasteiger charge is -2.04. The SMILES string of the molecule is Cc1ccsc1CCC(=O)NCCn1nccn1. The zero-order valence-electron chi connectivity index (χ0n) is 10.3. The molecule has 0 aliphatic carbocycles. The van der Waals surface area contributed by atoms with Crippen LogP contribution in [-0.2, 0) is 17.8 Å². The fourth-order valence-electron chi connectivity index (χ4n) is 1.63. The predicted octanol–water partition coefficient (Wildman–Crippen LogP) is 1.40. The average Bonchev–Trinajstić information content (AvgIpc) is 2.98. The first-order chi connectivity index (χ1) is 8.75. The van der Waals surface area contributed by atoms with Gasteiger partial charge in [0.1, 0.15) is 0 Å². The number of aryl methyl sites for hydroxylation is 2. The monoisotopic (exact) mass is 264 g/mol. The first-order valence-corrected chi connectivity index (χ1v) is 6.77. The Morgan fingerprint density at radius 2 is 2.22 bits per heavy atom. The van der Waals surface area contributed by atoms with Crippen molar-refractivity contribution < 1.29 is 4.79 Å². The summed E-state index contributed by atoms with van der Waals surface area (Å²) in [6.07, 6.45) is 4.60. The van der Waals surface area contributed by atoms with Gasteiger partial charge in [0.05, 0.1) is 18.9 Å². The number of nitrogens with one attached hydrogen (secondary N) is 1. The second-order valence-electron chi connectivity index (χ2n) is 4.00. The summed E-state index contributed by atoms with van der Waals surface area (Å²) in [5.74, 6) is 0.0787. The van der Waals surface area contributed by atoms with Gasteiger partial charge in [-0.1, -0.05) is 0 Å². The molecule has 0 saturated carbocycles. The van der Waals surface area contributed by atoms with Crippen molar-refractivity contribution in [2.75, 3.05) is 6.54 Å². The lowest BCUT2D eigenvalue weighted by atomic mass is 10.2. The highest BCUT2D eigenvalue weighted by molar-refractivity contribution is 7.10. The first kappa shape index (κ1) is 12.8. The highest BCUT2D eigenvalue weighted by atomic mass is 32.1. The van der Waals surface area contributed by atoms with Crippen molar-refractivity contribution in [1.29, 1.82) is 0 Å². The van der Waals surface area contributed by atoms with Gasteiger partial charge >= 0.3 is 0 Å². The number of aromatic nitrogens is 3. The number of thiophene rings is 1. The van der Waals surface area contributed by atoms with Crippen molar-refractivity contribution in [1.82, 2.24) is 20.3 Å². The summed E-state index contributed by atoms with van der Waals surface area (Å²) in [5.41, 5.74) is 1.27. The van der Waals surface area contributed by atoms with Crippen LogP contribution < -0.4 is 5.32 Å². The summed E-state index contributed by atoms with van der Waals surface area (Å²) in [5, 5.41) is 12.9. The van der Waals surface area contributed by atoms with Crippen molar-refractivity contribution in [2.45, 2.75) is 26.3 Å². The van der Waals surface area contributed by atoms with Gasteiger partial charge in [0, 0.05) is 17.8 Å². The molecular weight excluding hydrogens is 248 g/mol. The van der Waals surface area contributed by atoms with E-state index in [0.29, 0.717) is 19.5 Å². The molecule has 0 aromatic carbocycles. The van der Waals surface area contributed by atoms with E-state index in [2.05, 4.69) is 33.9 Å². The van der Waals surface area contributed by atoms with Gasteiger partial charge < -0.3 is 5.32 Å². The topological polar surface area (TPSA) is 59.8 Å². The number of rotatable bonds is 6. The van der Waals surface area contributed by atoms with Crippen LogP contribution in [0.1, 0.15) is 16.9 Å². The van der Waals surface area contributed by atoms with Crippen LogP contribution in [0, 0.1) is 6.92 Å². The zero-order chi connectivity index (χ0) is 12.8. The normalized spacial score (nSPS) is 10.5. The van der Waals surface area contributed by atoms with E-state index in [9.17, 15) is 4.79 Å². The average molecular weight is 264 g/mol. The Hall–Kier alpha value is -1.69. The lowest BCUT2D eigenvalue weighted by Crippen LogP contribution is -2.27. The highest BCUT2D eigenvalue weighted by Crippen LogP contribution is 2.16. The van der Waals surface area contributed by atoms with E-state index in [0.717, 1.165) is 6.42 Å². The second kappa shape index (κ2) is 6.30. The third-order valence-corrected chi connectivity index (χ3v) is 3.73. The number of hydrogen-bond acceptors (Lipinski definition) is 4. The zero-order valence-corrected chi connectivity index (χ0v) is 11.1. The quantitative estimate of drug-likeness (QED) is 0.858. The molecule has 2 heterocycles. The van der Waals surface area contributed by atoms with E-state index < -0.39 is 0 Å². The minimum absolute atomic E-state index is 0.0787. The summed E-state index contributed by atoms with van der Waals surface area (Å²) in [6, 6.07) is 2.08. The fraction of sp³-hybridized carbons (Fsp3) is 0.417. The first-order valence-electron chi connectivity index (χ1n) is 5.89. The van der Waals surface area contributed by atoms with E-state index in [1.807, 2.05) is 0 Å². The molecule has 0 bridgehead atoms. The van der Waals surface area contributed by atoms with Gasteiger partial charge in [0.15, 0.2) is 0 Å². The molecule has 0 atom stereocenters. The van der Waals surface area contributed by atoms with Crippen molar-refractivity contribution in [3.05, 3.63) is 34.3 Å². The summed E-state index contributed by atoms with van der Waals surface area (Å²) in [6.45, 7) is 3.25. The number of nitrogens with zero attached hydrogens (tertiary/aromatic N) is 3. The molecule has 96 valence electrons. The molecular formula is C12H16N4OS. The van der Waals surface area contributed by atoms with Gasteiger partial charge in [-0.05, 0) is 30.4 Å². The van der Waals surface area contributed by atoms with Gasteiger partial charge in [-0.15, -0.1) is 11.3 Å². The molecule has 1 amide bonds.